The summed E-state index contributed by atoms with van der Waals surface area (Å²) in [7, 11) is 0. The highest BCUT2D eigenvalue weighted by Crippen LogP contribution is 2.16. The average molecular weight is 204 g/mol. The number of benzene rings is 1. The lowest BCUT2D eigenvalue weighted by molar-refractivity contribution is -0.121. The fraction of sp³-hybridized carbons (Fsp3) is 0.500. The number of hydrogen-bond acceptors (Lipinski definition) is 1. The molecule has 0 bridgehead atoms. The van der Waals surface area contributed by atoms with E-state index >= 15 is 0 Å². The van der Waals surface area contributed by atoms with Crippen LogP contribution in [0.3, 0.4) is 0 Å². The van der Waals surface area contributed by atoms with Crippen LogP contribution >= 0.6 is 0 Å². The molecule has 0 heterocycles. The van der Waals surface area contributed by atoms with Crippen molar-refractivity contribution in [3.63, 3.8) is 0 Å². The van der Waals surface area contributed by atoms with Crippen molar-refractivity contribution < 1.29 is 4.79 Å². The molecule has 15 heavy (non-hydrogen) atoms. The monoisotopic (exact) mass is 204 g/mol. The Bertz CT molecular complexity index is 332. The Balaban J connectivity index is 2.85. The maximum atomic E-state index is 11.8. The van der Waals surface area contributed by atoms with Gasteiger partial charge in [0.15, 0.2) is 0 Å². The van der Waals surface area contributed by atoms with Crippen LogP contribution < -0.4 is 0 Å². The van der Waals surface area contributed by atoms with Crippen molar-refractivity contribution in [2.75, 3.05) is 0 Å². The van der Waals surface area contributed by atoms with E-state index in [1.54, 1.807) is 0 Å². The van der Waals surface area contributed by atoms with Gasteiger partial charge in [-0.05, 0) is 37.0 Å². The molecule has 0 N–H and O–H groups in total. The maximum absolute atomic E-state index is 11.8. The van der Waals surface area contributed by atoms with Gasteiger partial charge in [-0.2, -0.15) is 0 Å². The van der Waals surface area contributed by atoms with Crippen LogP contribution in [0, 0.1) is 19.8 Å². The number of ketones is 1. The second-order valence-electron chi connectivity index (χ2n) is 4.32. The normalized spacial score (nSPS) is 12.5. The predicted octanol–water partition coefficient (Wildman–Crippen LogP) is 3.46. The summed E-state index contributed by atoms with van der Waals surface area (Å²) in [5.74, 6) is 0.541. The zero-order valence-corrected chi connectivity index (χ0v) is 10.1. The first-order valence-corrected chi connectivity index (χ1v) is 5.64. The van der Waals surface area contributed by atoms with Crippen molar-refractivity contribution in [2.24, 2.45) is 5.92 Å². The van der Waals surface area contributed by atoms with Gasteiger partial charge in [0.2, 0.25) is 0 Å². The van der Waals surface area contributed by atoms with E-state index in [1.165, 1.54) is 16.7 Å². The molecule has 0 aliphatic carbocycles. The fourth-order valence-corrected chi connectivity index (χ4v) is 1.70. The lowest BCUT2D eigenvalue weighted by Crippen LogP contribution is -2.14. The molecule has 0 saturated carbocycles. The van der Waals surface area contributed by atoms with Crippen LogP contribution in [0.15, 0.2) is 18.2 Å². The molecule has 1 atom stereocenters. The first kappa shape index (κ1) is 12.0. The molecule has 1 rings (SSSR count). The summed E-state index contributed by atoms with van der Waals surface area (Å²) >= 11 is 0. The van der Waals surface area contributed by atoms with Gasteiger partial charge in [0, 0.05) is 12.3 Å². The maximum Gasteiger partial charge on any atom is 0.140 e. The van der Waals surface area contributed by atoms with Gasteiger partial charge in [-0.15, -0.1) is 0 Å². The zero-order chi connectivity index (χ0) is 11.4. The van der Waals surface area contributed by atoms with Crippen LogP contribution in [0.25, 0.3) is 0 Å². The zero-order valence-electron chi connectivity index (χ0n) is 10.1. The van der Waals surface area contributed by atoms with E-state index in [-0.39, 0.29) is 5.92 Å². The molecule has 1 unspecified atom stereocenters. The minimum atomic E-state index is 0.184. The molecular weight excluding hydrogens is 184 g/mol. The quantitative estimate of drug-likeness (QED) is 0.734. The van der Waals surface area contributed by atoms with Crippen molar-refractivity contribution in [3.8, 4) is 0 Å². The number of hydrogen-bond donors (Lipinski definition) is 0. The molecule has 0 fully saturated rings. The van der Waals surface area contributed by atoms with Gasteiger partial charge in [-0.1, -0.05) is 32.0 Å². The third-order valence-electron chi connectivity index (χ3n) is 3.16. The Morgan fingerprint density at radius 1 is 1.27 bits per heavy atom. The molecular formula is C14H20O. The second kappa shape index (κ2) is 5.11. The van der Waals surface area contributed by atoms with Crippen LogP contribution in [-0.4, -0.2) is 5.78 Å². The van der Waals surface area contributed by atoms with Crippen LogP contribution in [0.2, 0.25) is 0 Å². The number of carbonyl (C=O) groups is 1. The van der Waals surface area contributed by atoms with Crippen LogP contribution in [0.1, 0.15) is 37.0 Å². The minimum absolute atomic E-state index is 0.184. The highest BCUT2D eigenvalue weighted by Gasteiger charge is 2.13. The van der Waals surface area contributed by atoms with Crippen molar-refractivity contribution in [2.45, 2.75) is 40.5 Å². The molecule has 0 spiro atoms. The standard InChI is InChI=1S/C14H20O/c1-5-10(2)14(15)9-13-11(3)7-6-8-12(13)4/h6-8,10H,5,9H2,1-4H3. The summed E-state index contributed by atoms with van der Waals surface area (Å²) in [6.45, 7) is 8.22. The first-order valence-electron chi connectivity index (χ1n) is 5.64. The van der Waals surface area contributed by atoms with E-state index in [2.05, 4.69) is 32.9 Å². The fourth-order valence-electron chi connectivity index (χ4n) is 1.70. The number of Topliss-reactive ketones (excluding diaryl/α,β-unsaturated/α-hetero) is 1. The Labute approximate surface area is 92.5 Å². The number of rotatable bonds is 4. The minimum Gasteiger partial charge on any atom is -0.299 e. The van der Waals surface area contributed by atoms with E-state index in [0.717, 1.165) is 6.42 Å². The van der Waals surface area contributed by atoms with Gasteiger partial charge < -0.3 is 0 Å². The molecule has 0 amide bonds. The average Bonchev–Trinajstić information content (AvgIpc) is 2.22. The molecule has 0 aliphatic heterocycles. The lowest BCUT2D eigenvalue weighted by Gasteiger charge is -2.11. The molecule has 1 aromatic carbocycles. The highest BCUT2D eigenvalue weighted by molar-refractivity contribution is 5.83. The van der Waals surface area contributed by atoms with Gasteiger partial charge >= 0.3 is 0 Å². The Kier molecular flexibility index (Phi) is 4.07. The van der Waals surface area contributed by atoms with Gasteiger partial charge in [0.1, 0.15) is 5.78 Å². The molecule has 1 aromatic rings. The van der Waals surface area contributed by atoms with Gasteiger partial charge in [-0.3, -0.25) is 4.79 Å². The summed E-state index contributed by atoms with van der Waals surface area (Å²) in [5.41, 5.74) is 3.67. The molecule has 1 nitrogen and oxygen atoms in total. The van der Waals surface area contributed by atoms with E-state index < -0.39 is 0 Å². The first-order chi connectivity index (χ1) is 7.06. The second-order valence-corrected chi connectivity index (χ2v) is 4.32. The largest absolute Gasteiger partial charge is 0.299 e. The van der Waals surface area contributed by atoms with E-state index in [4.69, 9.17) is 0 Å². The van der Waals surface area contributed by atoms with E-state index in [0.29, 0.717) is 12.2 Å². The molecule has 1 heteroatoms. The molecule has 0 aliphatic rings. The summed E-state index contributed by atoms with van der Waals surface area (Å²) < 4.78 is 0. The smallest absolute Gasteiger partial charge is 0.140 e. The molecule has 82 valence electrons. The van der Waals surface area contributed by atoms with E-state index in [1.807, 2.05) is 13.0 Å². The Morgan fingerprint density at radius 3 is 2.27 bits per heavy atom. The van der Waals surface area contributed by atoms with Gasteiger partial charge in [0.05, 0.1) is 0 Å². The lowest BCUT2D eigenvalue weighted by atomic mass is 9.92. The van der Waals surface area contributed by atoms with Crippen molar-refractivity contribution >= 4 is 5.78 Å². The van der Waals surface area contributed by atoms with Crippen molar-refractivity contribution in [1.29, 1.82) is 0 Å². The predicted molar refractivity (Wildman–Crippen MR) is 64.1 cm³/mol. The topological polar surface area (TPSA) is 17.1 Å². The Morgan fingerprint density at radius 2 is 1.80 bits per heavy atom. The molecule has 0 radical (unpaired) electrons. The van der Waals surface area contributed by atoms with Crippen LogP contribution in [-0.2, 0) is 11.2 Å². The van der Waals surface area contributed by atoms with Crippen molar-refractivity contribution in [1.82, 2.24) is 0 Å². The third kappa shape index (κ3) is 2.92. The highest BCUT2D eigenvalue weighted by atomic mass is 16.1. The SMILES string of the molecule is CCC(C)C(=O)Cc1c(C)cccc1C. The molecule has 0 aromatic heterocycles. The molecule has 0 saturated heterocycles. The Hall–Kier alpha value is -1.11. The van der Waals surface area contributed by atoms with Crippen LogP contribution in [0.4, 0.5) is 0 Å². The van der Waals surface area contributed by atoms with E-state index in [9.17, 15) is 4.79 Å². The number of carbonyl (C=O) groups excluding carboxylic acids is 1. The van der Waals surface area contributed by atoms with Gasteiger partial charge in [-0.25, -0.2) is 0 Å². The third-order valence-corrected chi connectivity index (χ3v) is 3.16. The van der Waals surface area contributed by atoms with Crippen molar-refractivity contribution in [3.05, 3.63) is 34.9 Å². The summed E-state index contributed by atoms with van der Waals surface area (Å²) in [5, 5.41) is 0. The van der Waals surface area contributed by atoms with Gasteiger partial charge in [0.25, 0.3) is 0 Å². The summed E-state index contributed by atoms with van der Waals surface area (Å²) in [4.78, 5) is 11.8. The summed E-state index contributed by atoms with van der Waals surface area (Å²) in [6.07, 6.45) is 1.53. The number of aryl methyl sites for hydroxylation is 2. The van der Waals surface area contributed by atoms with Crippen LogP contribution in [0.5, 0.6) is 0 Å². The summed E-state index contributed by atoms with van der Waals surface area (Å²) in [6, 6.07) is 6.19.